The summed E-state index contributed by atoms with van der Waals surface area (Å²) >= 11 is 0. The Kier molecular flexibility index (Phi) is 6.49. The van der Waals surface area contributed by atoms with Gasteiger partial charge in [0.25, 0.3) is 0 Å². The van der Waals surface area contributed by atoms with E-state index in [1.54, 1.807) is 0 Å². The third-order valence-corrected chi connectivity index (χ3v) is 4.82. The minimum Gasteiger partial charge on any atom is -0.491 e. The van der Waals surface area contributed by atoms with E-state index >= 15 is 0 Å². The zero-order valence-electron chi connectivity index (χ0n) is 14.3. The van der Waals surface area contributed by atoms with Gasteiger partial charge in [0.1, 0.15) is 12.4 Å². The van der Waals surface area contributed by atoms with Gasteiger partial charge >= 0.3 is 0 Å². The first-order valence-corrected chi connectivity index (χ1v) is 9.14. The second kappa shape index (κ2) is 9.04. The average Bonchev–Trinajstić information content (AvgIpc) is 3.13. The fraction of sp³-hybridized carbons (Fsp3) is 0.632. The van der Waals surface area contributed by atoms with E-state index in [2.05, 4.69) is 10.6 Å². The van der Waals surface area contributed by atoms with E-state index in [1.165, 1.54) is 12.8 Å². The molecule has 2 aliphatic heterocycles. The lowest BCUT2D eigenvalue weighted by Gasteiger charge is -2.22. The van der Waals surface area contributed by atoms with Crippen LogP contribution in [0, 0.1) is 5.92 Å². The maximum atomic E-state index is 12.1. The molecule has 1 amide bonds. The van der Waals surface area contributed by atoms with Gasteiger partial charge in [-0.1, -0.05) is 6.07 Å². The SMILES string of the molecule is O=C(CCC1CCNCC1)Nc1cccc(OCC2CCCO2)c1. The summed E-state index contributed by atoms with van der Waals surface area (Å²) in [5.74, 6) is 1.55. The summed E-state index contributed by atoms with van der Waals surface area (Å²) in [4.78, 5) is 12.1. The Bertz CT molecular complexity index is 523. The fourth-order valence-corrected chi connectivity index (χ4v) is 3.36. The van der Waals surface area contributed by atoms with Crippen LogP contribution in [0.15, 0.2) is 24.3 Å². The number of hydrogen-bond acceptors (Lipinski definition) is 4. The number of carbonyl (C=O) groups is 1. The Morgan fingerprint density at radius 3 is 2.96 bits per heavy atom. The maximum absolute atomic E-state index is 12.1. The van der Waals surface area contributed by atoms with E-state index in [-0.39, 0.29) is 12.0 Å². The third-order valence-electron chi connectivity index (χ3n) is 4.82. The summed E-state index contributed by atoms with van der Waals surface area (Å²) in [7, 11) is 0. The second-order valence-corrected chi connectivity index (χ2v) is 6.75. The molecule has 2 N–H and O–H groups in total. The van der Waals surface area contributed by atoms with Crippen LogP contribution in [-0.2, 0) is 9.53 Å². The first-order valence-electron chi connectivity index (χ1n) is 9.14. The minimum atomic E-state index is 0.0878. The molecule has 5 heteroatoms. The van der Waals surface area contributed by atoms with Crippen molar-refractivity contribution < 1.29 is 14.3 Å². The van der Waals surface area contributed by atoms with Gasteiger partial charge in [0, 0.05) is 24.8 Å². The van der Waals surface area contributed by atoms with Gasteiger partial charge in [0.2, 0.25) is 5.91 Å². The highest BCUT2D eigenvalue weighted by Gasteiger charge is 2.16. The van der Waals surface area contributed by atoms with Gasteiger partial charge in [-0.05, 0) is 63.2 Å². The number of rotatable bonds is 7. The van der Waals surface area contributed by atoms with Gasteiger partial charge in [-0.3, -0.25) is 4.79 Å². The first kappa shape index (κ1) is 17.2. The van der Waals surface area contributed by atoms with Crippen molar-refractivity contribution in [2.45, 2.75) is 44.6 Å². The Balaban J connectivity index is 1.42. The lowest BCUT2D eigenvalue weighted by molar-refractivity contribution is -0.116. The summed E-state index contributed by atoms with van der Waals surface area (Å²) < 4.78 is 11.3. The number of carbonyl (C=O) groups excluding carboxylic acids is 1. The molecule has 0 bridgehead atoms. The lowest BCUT2D eigenvalue weighted by Crippen LogP contribution is -2.28. The van der Waals surface area contributed by atoms with Crippen molar-refractivity contribution in [1.29, 1.82) is 0 Å². The van der Waals surface area contributed by atoms with Crippen LogP contribution in [0.2, 0.25) is 0 Å². The highest BCUT2D eigenvalue weighted by molar-refractivity contribution is 5.90. The molecule has 2 heterocycles. The highest BCUT2D eigenvalue weighted by atomic mass is 16.5. The third kappa shape index (κ3) is 5.49. The molecule has 132 valence electrons. The molecule has 0 radical (unpaired) electrons. The van der Waals surface area contributed by atoms with E-state index in [4.69, 9.17) is 9.47 Å². The standard InChI is InChI=1S/C19H28N2O3/c22-19(7-6-15-8-10-20-11-9-15)21-16-3-1-4-17(13-16)24-14-18-5-2-12-23-18/h1,3-4,13,15,18,20H,2,5-12,14H2,(H,21,22). The normalized spacial score (nSPS) is 21.6. The van der Waals surface area contributed by atoms with Gasteiger partial charge in [-0.25, -0.2) is 0 Å². The van der Waals surface area contributed by atoms with Crippen LogP contribution in [-0.4, -0.2) is 38.3 Å². The van der Waals surface area contributed by atoms with E-state index in [0.717, 1.165) is 50.4 Å². The molecule has 2 aliphatic rings. The largest absolute Gasteiger partial charge is 0.491 e. The van der Waals surface area contributed by atoms with Crippen LogP contribution in [0.4, 0.5) is 5.69 Å². The van der Waals surface area contributed by atoms with E-state index in [0.29, 0.717) is 18.9 Å². The number of amides is 1. The van der Waals surface area contributed by atoms with Gasteiger partial charge in [-0.2, -0.15) is 0 Å². The molecule has 24 heavy (non-hydrogen) atoms. The molecule has 5 nitrogen and oxygen atoms in total. The first-order chi connectivity index (χ1) is 11.8. The molecular formula is C19H28N2O3. The summed E-state index contributed by atoms with van der Waals surface area (Å²) in [5, 5.41) is 6.34. The van der Waals surface area contributed by atoms with Crippen LogP contribution < -0.4 is 15.4 Å². The molecular weight excluding hydrogens is 304 g/mol. The van der Waals surface area contributed by atoms with Crippen molar-refractivity contribution in [3.8, 4) is 5.75 Å². The monoisotopic (exact) mass is 332 g/mol. The van der Waals surface area contributed by atoms with E-state index < -0.39 is 0 Å². The number of benzene rings is 1. The molecule has 2 fully saturated rings. The van der Waals surface area contributed by atoms with Gasteiger partial charge < -0.3 is 20.1 Å². The molecule has 0 saturated carbocycles. The highest BCUT2D eigenvalue weighted by Crippen LogP contribution is 2.21. The van der Waals surface area contributed by atoms with Crippen LogP contribution in [0.1, 0.15) is 38.5 Å². The fourth-order valence-electron chi connectivity index (χ4n) is 3.36. The minimum absolute atomic E-state index is 0.0878. The number of piperidine rings is 1. The Morgan fingerprint density at radius 2 is 2.17 bits per heavy atom. The Morgan fingerprint density at radius 1 is 1.29 bits per heavy atom. The Hall–Kier alpha value is -1.59. The van der Waals surface area contributed by atoms with E-state index in [9.17, 15) is 4.79 Å². The van der Waals surface area contributed by atoms with Gasteiger partial charge in [0.05, 0.1) is 6.10 Å². The molecule has 2 saturated heterocycles. The van der Waals surface area contributed by atoms with Crippen molar-refractivity contribution >= 4 is 11.6 Å². The molecule has 0 spiro atoms. The van der Waals surface area contributed by atoms with Crippen molar-refractivity contribution in [2.75, 3.05) is 31.6 Å². The lowest BCUT2D eigenvalue weighted by atomic mass is 9.93. The molecule has 3 rings (SSSR count). The number of hydrogen-bond donors (Lipinski definition) is 2. The molecule has 1 aromatic rings. The summed E-state index contributed by atoms with van der Waals surface area (Å²) in [6.45, 7) is 3.57. The van der Waals surface area contributed by atoms with Gasteiger partial charge in [-0.15, -0.1) is 0 Å². The number of nitrogens with one attached hydrogen (secondary N) is 2. The molecule has 0 aromatic heterocycles. The second-order valence-electron chi connectivity index (χ2n) is 6.75. The molecule has 0 aliphatic carbocycles. The van der Waals surface area contributed by atoms with E-state index in [1.807, 2.05) is 24.3 Å². The molecule has 1 atom stereocenters. The van der Waals surface area contributed by atoms with Crippen LogP contribution in [0.25, 0.3) is 0 Å². The van der Waals surface area contributed by atoms with Crippen LogP contribution in [0.5, 0.6) is 5.75 Å². The maximum Gasteiger partial charge on any atom is 0.224 e. The van der Waals surface area contributed by atoms with Crippen molar-refractivity contribution in [3.63, 3.8) is 0 Å². The topological polar surface area (TPSA) is 59.6 Å². The molecule has 1 unspecified atom stereocenters. The average molecular weight is 332 g/mol. The smallest absolute Gasteiger partial charge is 0.224 e. The van der Waals surface area contributed by atoms with Crippen molar-refractivity contribution in [3.05, 3.63) is 24.3 Å². The number of ether oxygens (including phenoxy) is 2. The molecule has 1 aromatic carbocycles. The van der Waals surface area contributed by atoms with Crippen LogP contribution >= 0.6 is 0 Å². The summed E-state index contributed by atoms with van der Waals surface area (Å²) in [6.07, 6.45) is 6.30. The zero-order chi connectivity index (χ0) is 16.6. The summed E-state index contributed by atoms with van der Waals surface area (Å²) in [6, 6.07) is 7.62. The van der Waals surface area contributed by atoms with Crippen molar-refractivity contribution in [1.82, 2.24) is 5.32 Å². The van der Waals surface area contributed by atoms with Crippen molar-refractivity contribution in [2.24, 2.45) is 5.92 Å². The predicted molar refractivity (Wildman–Crippen MR) is 94.4 cm³/mol. The van der Waals surface area contributed by atoms with Gasteiger partial charge in [0.15, 0.2) is 0 Å². The zero-order valence-corrected chi connectivity index (χ0v) is 14.3. The van der Waals surface area contributed by atoms with Crippen LogP contribution in [0.3, 0.4) is 0 Å². The summed E-state index contributed by atoms with van der Waals surface area (Å²) in [5.41, 5.74) is 0.801. The number of anilines is 1. The Labute approximate surface area is 144 Å². The quantitative estimate of drug-likeness (QED) is 0.806. The predicted octanol–water partition coefficient (Wildman–Crippen LogP) is 2.96.